The standard InChI is InChI=1S/C22H26F2N2O2S/c1-2-11-25-12-14-26(15-13-25)21(27)16-29(28)22(17-3-7-19(23)8-4-17)18-5-9-20(24)10-6-18/h3-10,22H,2,11-16H2,1H3. The summed E-state index contributed by atoms with van der Waals surface area (Å²) in [6, 6.07) is 11.5. The first-order chi connectivity index (χ1) is 14.0. The van der Waals surface area contributed by atoms with E-state index in [9.17, 15) is 17.8 Å². The fraction of sp³-hybridized carbons (Fsp3) is 0.409. The van der Waals surface area contributed by atoms with E-state index in [1.807, 2.05) is 0 Å². The minimum Gasteiger partial charge on any atom is -0.339 e. The lowest BCUT2D eigenvalue weighted by Gasteiger charge is -2.34. The molecule has 29 heavy (non-hydrogen) atoms. The van der Waals surface area contributed by atoms with Crippen molar-refractivity contribution >= 4 is 16.7 Å². The highest BCUT2D eigenvalue weighted by Gasteiger charge is 2.27. The van der Waals surface area contributed by atoms with Crippen LogP contribution in [0.15, 0.2) is 48.5 Å². The van der Waals surface area contributed by atoms with Gasteiger partial charge in [0.15, 0.2) is 0 Å². The molecule has 0 saturated carbocycles. The fourth-order valence-corrected chi connectivity index (χ4v) is 5.12. The van der Waals surface area contributed by atoms with Crippen LogP contribution in [-0.2, 0) is 15.6 Å². The van der Waals surface area contributed by atoms with Gasteiger partial charge in [-0.2, -0.15) is 0 Å². The number of halogens is 2. The summed E-state index contributed by atoms with van der Waals surface area (Å²) in [6.07, 6.45) is 1.08. The largest absolute Gasteiger partial charge is 0.339 e. The second kappa shape index (κ2) is 10.1. The van der Waals surface area contributed by atoms with Crippen molar-refractivity contribution in [3.05, 3.63) is 71.3 Å². The third-order valence-electron chi connectivity index (χ3n) is 5.14. The average Bonchev–Trinajstić information content (AvgIpc) is 2.72. The van der Waals surface area contributed by atoms with Crippen LogP contribution in [0.1, 0.15) is 29.7 Å². The lowest BCUT2D eigenvalue weighted by Crippen LogP contribution is -2.50. The van der Waals surface area contributed by atoms with Crippen molar-refractivity contribution in [1.82, 2.24) is 9.80 Å². The van der Waals surface area contributed by atoms with E-state index in [2.05, 4.69) is 11.8 Å². The van der Waals surface area contributed by atoms with E-state index in [4.69, 9.17) is 0 Å². The third kappa shape index (κ3) is 5.70. The summed E-state index contributed by atoms with van der Waals surface area (Å²) in [7, 11) is -1.57. The Kier molecular flexibility index (Phi) is 7.50. The van der Waals surface area contributed by atoms with Crippen LogP contribution in [0.4, 0.5) is 8.78 Å². The van der Waals surface area contributed by atoms with Gasteiger partial charge in [0, 0.05) is 37.0 Å². The zero-order valence-electron chi connectivity index (χ0n) is 16.5. The molecule has 1 saturated heterocycles. The highest BCUT2D eigenvalue weighted by atomic mass is 32.2. The van der Waals surface area contributed by atoms with Gasteiger partial charge in [0.2, 0.25) is 5.91 Å². The van der Waals surface area contributed by atoms with E-state index in [1.165, 1.54) is 24.3 Å². The first-order valence-corrected chi connectivity index (χ1v) is 11.2. The third-order valence-corrected chi connectivity index (χ3v) is 6.74. The molecule has 1 unspecified atom stereocenters. The molecule has 2 aromatic carbocycles. The van der Waals surface area contributed by atoms with Crippen molar-refractivity contribution in [2.75, 3.05) is 38.5 Å². The number of hydrogen-bond donors (Lipinski definition) is 0. The quantitative estimate of drug-likeness (QED) is 0.690. The maximum Gasteiger partial charge on any atom is 0.235 e. The van der Waals surface area contributed by atoms with Gasteiger partial charge in [0.05, 0.1) is 5.25 Å². The molecule has 0 aliphatic carbocycles. The summed E-state index contributed by atoms with van der Waals surface area (Å²) < 4.78 is 39.9. The first kappa shape index (κ1) is 21.6. The second-order valence-corrected chi connectivity index (χ2v) is 8.75. The van der Waals surface area contributed by atoms with Gasteiger partial charge in [-0.15, -0.1) is 0 Å². The second-order valence-electron chi connectivity index (χ2n) is 7.23. The summed E-state index contributed by atoms with van der Waals surface area (Å²) in [5, 5.41) is -0.624. The van der Waals surface area contributed by atoms with Gasteiger partial charge in [0.1, 0.15) is 17.4 Å². The number of piperazine rings is 1. The van der Waals surface area contributed by atoms with E-state index < -0.39 is 27.7 Å². The van der Waals surface area contributed by atoms with E-state index in [0.717, 1.165) is 26.1 Å². The summed E-state index contributed by atoms with van der Waals surface area (Å²) in [5.74, 6) is -1.04. The monoisotopic (exact) mass is 420 g/mol. The Bertz CT molecular complexity index is 789. The van der Waals surface area contributed by atoms with Crippen LogP contribution in [0.5, 0.6) is 0 Å². The summed E-state index contributed by atoms with van der Waals surface area (Å²) in [4.78, 5) is 16.8. The Balaban J connectivity index is 1.74. The van der Waals surface area contributed by atoms with Crippen molar-refractivity contribution in [2.24, 2.45) is 0 Å². The predicted octanol–water partition coefficient (Wildman–Crippen LogP) is 3.36. The molecule has 0 aromatic heterocycles. The molecule has 156 valence electrons. The predicted molar refractivity (Wildman–Crippen MR) is 111 cm³/mol. The molecular formula is C22H26F2N2O2S. The summed E-state index contributed by atoms with van der Waals surface area (Å²) in [5.41, 5.74) is 1.27. The van der Waals surface area contributed by atoms with Gasteiger partial charge in [0.25, 0.3) is 0 Å². The van der Waals surface area contributed by atoms with Gasteiger partial charge in [-0.05, 0) is 48.4 Å². The number of carbonyl (C=O) groups is 1. The highest BCUT2D eigenvalue weighted by molar-refractivity contribution is 7.86. The normalized spacial score (nSPS) is 16.2. The van der Waals surface area contributed by atoms with E-state index in [-0.39, 0.29) is 11.7 Å². The molecule has 0 radical (unpaired) electrons. The Morgan fingerprint density at radius 2 is 1.41 bits per heavy atom. The number of amides is 1. The van der Waals surface area contributed by atoms with E-state index in [1.54, 1.807) is 29.2 Å². The van der Waals surface area contributed by atoms with Gasteiger partial charge >= 0.3 is 0 Å². The van der Waals surface area contributed by atoms with Crippen molar-refractivity contribution in [1.29, 1.82) is 0 Å². The Labute approximate surface area is 173 Å². The minimum atomic E-state index is -1.57. The lowest BCUT2D eigenvalue weighted by molar-refractivity contribution is -0.130. The molecule has 4 nitrogen and oxygen atoms in total. The fourth-order valence-electron chi connectivity index (χ4n) is 3.60. The maximum absolute atomic E-state index is 13.4. The number of carbonyl (C=O) groups excluding carboxylic acids is 1. The van der Waals surface area contributed by atoms with Crippen LogP contribution in [0, 0.1) is 11.6 Å². The number of nitrogens with zero attached hydrogens (tertiary/aromatic N) is 2. The average molecular weight is 421 g/mol. The van der Waals surface area contributed by atoms with Crippen LogP contribution in [0.3, 0.4) is 0 Å². The molecule has 0 spiro atoms. The lowest BCUT2D eigenvalue weighted by atomic mass is 10.0. The molecule has 2 aromatic rings. The van der Waals surface area contributed by atoms with E-state index >= 15 is 0 Å². The van der Waals surface area contributed by atoms with Crippen molar-refractivity contribution < 1.29 is 17.8 Å². The topological polar surface area (TPSA) is 40.6 Å². The Hall–Kier alpha value is -2.12. The number of benzene rings is 2. The molecule has 3 rings (SSSR count). The van der Waals surface area contributed by atoms with E-state index in [0.29, 0.717) is 24.2 Å². The van der Waals surface area contributed by atoms with Gasteiger partial charge in [-0.1, -0.05) is 31.2 Å². The number of rotatable bonds is 7. The molecule has 0 bridgehead atoms. The maximum atomic E-state index is 13.4. The molecule has 7 heteroatoms. The van der Waals surface area contributed by atoms with Gasteiger partial charge in [-0.3, -0.25) is 13.9 Å². The van der Waals surface area contributed by atoms with Crippen molar-refractivity contribution in [2.45, 2.75) is 18.6 Å². The van der Waals surface area contributed by atoms with Crippen LogP contribution < -0.4 is 0 Å². The van der Waals surface area contributed by atoms with Crippen LogP contribution in [-0.4, -0.2) is 58.4 Å². The van der Waals surface area contributed by atoms with Crippen LogP contribution >= 0.6 is 0 Å². The molecule has 1 heterocycles. The summed E-state index contributed by atoms with van der Waals surface area (Å²) >= 11 is 0. The molecule has 1 atom stereocenters. The van der Waals surface area contributed by atoms with Crippen LogP contribution in [0.2, 0.25) is 0 Å². The Morgan fingerprint density at radius 1 is 0.931 bits per heavy atom. The zero-order chi connectivity index (χ0) is 20.8. The first-order valence-electron chi connectivity index (χ1n) is 9.86. The molecular weight excluding hydrogens is 394 g/mol. The SMILES string of the molecule is CCCN1CCN(C(=O)CS(=O)C(c2ccc(F)cc2)c2ccc(F)cc2)CC1. The van der Waals surface area contributed by atoms with Crippen molar-refractivity contribution in [3.63, 3.8) is 0 Å². The number of hydrogen-bond acceptors (Lipinski definition) is 3. The molecule has 1 fully saturated rings. The van der Waals surface area contributed by atoms with Gasteiger partial charge in [-0.25, -0.2) is 8.78 Å². The highest BCUT2D eigenvalue weighted by Crippen LogP contribution is 2.29. The smallest absolute Gasteiger partial charge is 0.235 e. The Morgan fingerprint density at radius 3 is 1.86 bits per heavy atom. The zero-order valence-corrected chi connectivity index (χ0v) is 17.3. The molecule has 1 aliphatic rings. The molecule has 1 aliphatic heterocycles. The van der Waals surface area contributed by atoms with Crippen LogP contribution in [0.25, 0.3) is 0 Å². The molecule has 1 amide bonds. The van der Waals surface area contributed by atoms with Crippen molar-refractivity contribution in [3.8, 4) is 0 Å². The molecule has 0 N–H and O–H groups in total. The van der Waals surface area contributed by atoms with Gasteiger partial charge < -0.3 is 4.90 Å². The minimum absolute atomic E-state index is 0.118. The summed E-state index contributed by atoms with van der Waals surface area (Å²) in [6.45, 7) is 6.07.